The minimum absolute atomic E-state index is 0.631. The van der Waals surface area contributed by atoms with Crippen LogP contribution in [0, 0.1) is 5.92 Å². The molecule has 1 fully saturated rings. The van der Waals surface area contributed by atoms with Crippen LogP contribution < -0.4 is 5.32 Å². The first-order valence-corrected chi connectivity index (χ1v) is 8.05. The number of hydrogen-bond donors (Lipinski definition) is 1. The molecule has 1 N–H and O–H groups in total. The molecule has 0 aliphatic carbocycles. The van der Waals surface area contributed by atoms with Crippen LogP contribution >= 0.6 is 0 Å². The summed E-state index contributed by atoms with van der Waals surface area (Å²) in [5, 5.41) is 3.73. The van der Waals surface area contributed by atoms with Gasteiger partial charge in [0.1, 0.15) is 5.82 Å². The smallest absolute Gasteiger partial charge is 0.109 e. The first-order chi connectivity index (χ1) is 9.61. The van der Waals surface area contributed by atoms with Crippen molar-refractivity contribution in [2.45, 2.75) is 52.1 Å². The van der Waals surface area contributed by atoms with E-state index in [2.05, 4.69) is 47.6 Å². The average molecular weight is 278 g/mol. The SMILES string of the molecule is CCC(C)C1CN(CCc2nccn2C)C(C)CCN1. The van der Waals surface area contributed by atoms with E-state index in [1.165, 1.54) is 25.2 Å². The molecular weight excluding hydrogens is 248 g/mol. The molecule has 0 bridgehead atoms. The molecule has 3 unspecified atom stereocenters. The van der Waals surface area contributed by atoms with Crippen molar-refractivity contribution >= 4 is 0 Å². The molecule has 0 amide bonds. The number of rotatable bonds is 5. The Morgan fingerprint density at radius 1 is 1.50 bits per heavy atom. The van der Waals surface area contributed by atoms with Crippen LogP contribution in [0.4, 0.5) is 0 Å². The van der Waals surface area contributed by atoms with Crippen LogP contribution in [0.3, 0.4) is 0 Å². The third kappa shape index (κ3) is 3.83. The second-order valence-electron chi connectivity index (χ2n) is 6.28. The van der Waals surface area contributed by atoms with Crippen LogP contribution in [-0.4, -0.2) is 46.2 Å². The summed E-state index contributed by atoms with van der Waals surface area (Å²) in [6, 6.07) is 1.29. The van der Waals surface area contributed by atoms with Gasteiger partial charge in [0.15, 0.2) is 0 Å². The van der Waals surface area contributed by atoms with Gasteiger partial charge in [-0.3, -0.25) is 4.90 Å². The van der Waals surface area contributed by atoms with Gasteiger partial charge in [0.2, 0.25) is 0 Å². The number of aryl methyl sites for hydroxylation is 1. The highest BCUT2D eigenvalue weighted by molar-refractivity contribution is 4.93. The Morgan fingerprint density at radius 2 is 2.30 bits per heavy atom. The third-order valence-corrected chi connectivity index (χ3v) is 4.90. The minimum atomic E-state index is 0.631. The topological polar surface area (TPSA) is 33.1 Å². The Morgan fingerprint density at radius 3 is 2.95 bits per heavy atom. The van der Waals surface area contributed by atoms with Gasteiger partial charge in [0.25, 0.3) is 0 Å². The fourth-order valence-corrected chi connectivity index (χ4v) is 3.02. The molecule has 20 heavy (non-hydrogen) atoms. The highest BCUT2D eigenvalue weighted by atomic mass is 15.2. The summed E-state index contributed by atoms with van der Waals surface area (Å²) in [7, 11) is 2.08. The fourth-order valence-electron chi connectivity index (χ4n) is 3.02. The van der Waals surface area contributed by atoms with Gasteiger partial charge >= 0.3 is 0 Å². The molecule has 2 heterocycles. The van der Waals surface area contributed by atoms with E-state index in [0.29, 0.717) is 12.1 Å². The summed E-state index contributed by atoms with van der Waals surface area (Å²) in [5.74, 6) is 1.94. The molecule has 0 aromatic carbocycles. The molecule has 0 saturated carbocycles. The lowest BCUT2D eigenvalue weighted by Gasteiger charge is -2.31. The Kier molecular flexibility index (Phi) is 5.61. The maximum atomic E-state index is 4.44. The number of hydrogen-bond acceptors (Lipinski definition) is 3. The Bertz CT molecular complexity index is 401. The molecule has 1 aliphatic rings. The van der Waals surface area contributed by atoms with E-state index in [0.717, 1.165) is 25.4 Å². The largest absolute Gasteiger partial charge is 0.338 e. The molecular formula is C16H30N4. The molecule has 1 aromatic heterocycles. The monoisotopic (exact) mass is 278 g/mol. The van der Waals surface area contributed by atoms with Crippen molar-refractivity contribution in [2.75, 3.05) is 19.6 Å². The van der Waals surface area contributed by atoms with E-state index in [1.807, 2.05) is 12.4 Å². The predicted molar refractivity (Wildman–Crippen MR) is 83.8 cm³/mol. The molecule has 1 saturated heterocycles. The number of aromatic nitrogens is 2. The van der Waals surface area contributed by atoms with Gasteiger partial charge in [0, 0.05) is 51.0 Å². The maximum absolute atomic E-state index is 4.44. The van der Waals surface area contributed by atoms with Crippen molar-refractivity contribution < 1.29 is 0 Å². The van der Waals surface area contributed by atoms with Crippen molar-refractivity contribution in [3.63, 3.8) is 0 Å². The van der Waals surface area contributed by atoms with Crippen molar-refractivity contribution in [3.05, 3.63) is 18.2 Å². The summed E-state index contributed by atoms with van der Waals surface area (Å²) in [4.78, 5) is 7.08. The lowest BCUT2D eigenvalue weighted by Crippen LogP contribution is -2.44. The molecule has 3 atom stereocenters. The van der Waals surface area contributed by atoms with Crippen LogP contribution in [0.5, 0.6) is 0 Å². The minimum Gasteiger partial charge on any atom is -0.338 e. The van der Waals surface area contributed by atoms with E-state index < -0.39 is 0 Å². The molecule has 4 nitrogen and oxygen atoms in total. The first kappa shape index (κ1) is 15.5. The van der Waals surface area contributed by atoms with Crippen molar-refractivity contribution in [2.24, 2.45) is 13.0 Å². The van der Waals surface area contributed by atoms with E-state index in [9.17, 15) is 0 Å². The lowest BCUT2D eigenvalue weighted by molar-refractivity contribution is 0.189. The van der Waals surface area contributed by atoms with Crippen molar-refractivity contribution in [1.82, 2.24) is 19.8 Å². The standard InChI is InChI=1S/C16H30N4/c1-5-13(2)15-12-20(14(3)6-8-17-15)10-7-16-18-9-11-19(16)4/h9,11,13-15,17H,5-8,10,12H2,1-4H3. The van der Waals surface area contributed by atoms with Crippen LogP contribution in [0.25, 0.3) is 0 Å². The van der Waals surface area contributed by atoms with Gasteiger partial charge in [-0.2, -0.15) is 0 Å². The van der Waals surface area contributed by atoms with E-state index >= 15 is 0 Å². The van der Waals surface area contributed by atoms with Crippen molar-refractivity contribution in [1.29, 1.82) is 0 Å². The number of imidazole rings is 1. The second-order valence-corrected chi connectivity index (χ2v) is 6.28. The highest BCUT2D eigenvalue weighted by Crippen LogP contribution is 2.16. The normalized spacial score (nSPS) is 26.4. The molecule has 114 valence electrons. The Labute approximate surface area is 123 Å². The summed E-state index contributed by atoms with van der Waals surface area (Å²) >= 11 is 0. The lowest BCUT2D eigenvalue weighted by atomic mass is 9.99. The van der Waals surface area contributed by atoms with Crippen LogP contribution in [0.2, 0.25) is 0 Å². The highest BCUT2D eigenvalue weighted by Gasteiger charge is 2.25. The number of nitrogens with one attached hydrogen (secondary N) is 1. The van der Waals surface area contributed by atoms with Crippen LogP contribution in [0.1, 0.15) is 39.4 Å². The van der Waals surface area contributed by atoms with Gasteiger partial charge in [-0.05, 0) is 25.8 Å². The summed E-state index contributed by atoms with van der Waals surface area (Å²) in [5.41, 5.74) is 0. The summed E-state index contributed by atoms with van der Waals surface area (Å²) in [6.07, 6.45) is 7.46. The molecule has 0 spiro atoms. The fraction of sp³-hybridized carbons (Fsp3) is 0.812. The molecule has 0 radical (unpaired) electrons. The Hall–Kier alpha value is -0.870. The van der Waals surface area contributed by atoms with E-state index in [1.54, 1.807) is 0 Å². The molecule has 2 rings (SSSR count). The summed E-state index contributed by atoms with van der Waals surface area (Å²) in [6.45, 7) is 10.4. The zero-order valence-electron chi connectivity index (χ0n) is 13.5. The van der Waals surface area contributed by atoms with Crippen LogP contribution in [0.15, 0.2) is 12.4 Å². The number of nitrogens with zero attached hydrogens (tertiary/aromatic N) is 3. The molecule has 1 aliphatic heterocycles. The van der Waals surface area contributed by atoms with E-state index in [-0.39, 0.29) is 0 Å². The first-order valence-electron chi connectivity index (χ1n) is 8.05. The van der Waals surface area contributed by atoms with Crippen LogP contribution in [-0.2, 0) is 13.5 Å². The van der Waals surface area contributed by atoms with E-state index in [4.69, 9.17) is 0 Å². The van der Waals surface area contributed by atoms with Crippen molar-refractivity contribution in [3.8, 4) is 0 Å². The third-order valence-electron chi connectivity index (χ3n) is 4.90. The zero-order chi connectivity index (χ0) is 14.5. The molecule has 1 aromatic rings. The maximum Gasteiger partial charge on any atom is 0.109 e. The zero-order valence-corrected chi connectivity index (χ0v) is 13.5. The van der Waals surface area contributed by atoms with Gasteiger partial charge in [-0.15, -0.1) is 0 Å². The van der Waals surface area contributed by atoms with Gasteiger partial charge in [0.05, 0.1) is 0 Å². The quantitative estimate of drug-likeness (QED) is 0.895. The average Bonchev–Trinajstić information content (AvgIpc) is 2.75. The molecule has 4 heteroatoms. The summed E-state index contributed by atoms with van der Waals surface area (Å²) < 4.78 is 2.13. The van der Waals surface area contributed by atoms with Gasteiger partial charge < -0.3 is 9.88 Å². The second kappa shape index (κ2) is 7.23. The Balaban J connectivity index is 1.94. The van der Waals surface area contributed by atoms with Gasteiger partial charge in [-0.1, -0.05) is 20.3 Å². The predicted octanol–water partition coefficient (Wildman–Crippen LogP) is 2.06. The van der Waals surface area contributed by atoms with Gasteiger partial charge in [-0.25, -0.2) is 4.98 Å².